The van der Waals surface area contributed by atoms with Gasteiger partial charge in [-0.1, -0.05) is 12.1 Å². The van der Waals surface area contributed by atoms with E-state index in [1.165, 1.54) is 11.1 Å². The van der Waals surface area contributed by atoms with Crippen LogP contribution in [0.3, 0.4) is 0 Å². The van der Waals surface area contributed by atoms with Crippen molar-refractivity contribution in [2.24, 2.45) is 0 Å². The van der Waals surface area contributed by atoms with Crippen LogP contribution in [0.4, 0.5) is 0 Å². The number of piperidine rings is 1. The molecule has 118 valence electrons. The predicted octanol–water partition coefficient (Wildman–Crippen LogP) is 2.88. The molecule has 3 heterocycles. The van der Waals surface area contributed by atoms with Crippen LogP contribution < -0.4 is 5.32 Å². The second kappa shape index (κ2) is 5.74. The Bertz CT molecular complexity index is 846. The SMILES string of the molecule is Cc1ccc(-c2ccc3nnc(C4CCNCC4)n3n2)cc1C. The first-order chi connectivity index (χ1) is 11.2. The number of hydrogen-bond acceptors (Lipinski definition) is 4. The van der Waals surface area contributed by atoms with Crippen molar-refractivity contribution in [2.75, 3.05) is 13.1 Å². The van der Waals surface area contributed by atoms with Gasteiger partial charge in [-0.25, -0.2) is 0 Å². The largest absolute Gasteiger partial charge is 0.317 e. The molecule has 0 atom stereocenters. The number of aryl methyl sites for hydroxylation is 2. The van der Waals surface area contributed by atoms with Crippen LogP contribution in [0.15, 0.2) is 30.3 Å². The zero-order chi connectivity index (χ0) is 15.8. The number of rotatable bonds is 2. The lowest BCUT2D eigenvalue weighted by Crippen LogP contribution is -2.27. The molecule has 0 amide bonds. The molecule has 1 aromatic carbocycles. The minimum Gasteiger partial charge on any atom is -0.317 e. The fraction of sp³-hybridized carbons (Fsp3) is 0.389. The molecule has 1 N–H and O–H groups in total. The van der Waals surface area contributed by atoms with E-state index in [1.807, 2.05) is 16.6 Å². The first-order valence-corrected chi connectivity index (χ1v) is 8.23. The standard InChI is InChI=1S/C18H21N5/c1-12-3-4-15(11-13(12)2)16-5-6-17-20-21-18(23(17)22-16)14-7-9-19-10-8-14/h3-6,11,14,19H,7-10H2,1-2H3. The van der Waals surface area contributed by atoms with E-state index in [4.69, 9.17) is 5.10 Å². The maximum atomic E-state index is 4.82. The lowest BCUT2D eigenvalue weighted by atomic mass is 9.97. The van der Waals surface area contributed by atoms with Crippen molar-refractivity contribution in [2.45, 2.75) is 32.6 Å². The highest BCUT2D eigenvalue weighted by Gasteiger charge is 2.21. The van der Waals surface area contributed by atoms with Gasteiger partial charge in [0.15, 0.2) is 11.5 Å². The van der Waals surface area contributed by atoms with Crippen molar-refractivity contribution in [3.8, 4) is 11.3 Å². The second-order valence-electron chi connectivity index (χ2n) is 6.37. The zero-order valence-corrected chi connectivity index (χ0v) is 13.6. The number of nitrogens with one attached hydrogen (secondary N) is 1. The van der Waals surface area contributed by atoms with E-state index in [-0.39, 0.29) is 0 Å². The van der Waals surface area contributed by atoms with Gasteiger partial charge in [0, 0.05) is 11.5 Å². The summed E-state index contributed by atoms with van der Waals surface area (Å²) in [5.41, 5.74) is 5.52. The van der Waals surface area contributed by atoms with Gasteiger partial charge in [0.25, 0.3) is 0 Å². The molecule has 2 aromatic heterocycles. The molecule has 1 fully saturated rings. The fourth-order valence-electron chi connectivity index (χ4n) is 3.19. The minimum atomic E-state index is 0.439. The van der Waals surface area contributed by atoms with Crippen molar-refractivity contribution >= 4 is 5.65 Å². The van der Waals surface area contributed by atoms with Crippen molar-refractivity contribution in [3.63, 3.8) is 0 Å². The van der Waals surface area contributed by atoms with Gasteiger partial charge in [0.05, 0.1) is 5.69 Å². The first kappa shape index (κ1) is 14.3. The zero-order valence-electron chi connectivity index (χ0n) is 13.6. The smallest absolute Gasteiger partial charge is 0.177 e. The van der Waals surface area contributed by atoms with Crippen LogP contribution in [0.2, 0.25) is 0 Å². The Morgan fingerprint density at radius 3 is 2.61 bits per heavy atom. The summed E-state index contributed by atoms with van der Waals surface area (Å²) in [6.07, 6.45) is 2.19. The van der Waals surface area contributed by atoms with Gasteiger partial charge in [0.1, 0.15) is 0 Å². The van der Waals surface area contributed by atoms with Gasteiger partial charge in [-0.2, -0.15) is 9.61 Å². The molecule has 5 heteroatoms. The van der Waals surface area contributed by atoms with Crippen LogP contribution in [-0.4, -0.2) is 32.9 Å². The third kappa shape index (κ3) is 2.61. The van der Waals surface area contributed by atoms with Gasteiger partial charge < -0.3 is 5.32 Å². The number of benzene rings is 1. The van der Waals surface area contributed by atoms with Gasteiger partial charge in [-0.3, -0.25) is 0 Å². The third-order valence-electron chi connectivity index (χ3n) is 4.79. The van der Waals surface area contributed by atoms with Crippen LogP contribution in [0.25, 0.3) is 16.9 Å². The monoisotopic (exact) mass is 307 g/mol. The molecule has 1 aliphatic heterocycles. The molecular formula is C18H21N5. The van der Waals surface area contributed by atoms with Crippen molar-refractivity contribution < 1.29 is 0 Å². The molecule has 3 aromatic rings. The molecule has 0 saturated carbocycles. The Morgan fingerprint density at radius 2 is 1.83 bits per heavy atom. The van der Waals surface area contributed by atoms with Gasteiger partial charge in [0.2, 0.25) is 0 Å². The maximum Gasteiger partial charge on any atom is 0.177 e. The maximum absolute atomic E-state index is 4.82. The van der Waals surface area contributed by atoms with E-state index in [1.54, 1.807) is 0 Å². The molecule has 0 radical (unpaired) electrons. The predicted molar refractivity (Wildman–Crippen MR) is 90.5 cm³/mol. The molecule has 4 rings (SSSR count). The summed E-state index contributed by atoms with van der Waals surface area (Å²) in [6, 6.07) is 10.5. The van der Waals surface area contributed by atoms with Crippen molar-refractivity contribution in [1.82, 2.24) is 25.1 Å². The van der Waals surface area contributed by atoms with Crippen LogP contribution in [0.5, 0.6) is 0 Å². The van der Waals surface area contributed by atoms with E-state index in [0.29, 0.717) is 5.92 Å². The summed E-state index contributed by atoms with van der Waals surface area (Å²) < 4.78 is 1.93. The Balaban J connectivity index is 1.78. The van der Waals surface area contributed by atoms with E-state index in [0.717, 1.165) is 48.7 Å². The molecule has 5 nitrogen and oxygen atoms in total. The number of nitrogens with zero attached hydrogens (tertiary/aromatic N) is 4. The average molecular weight is 307 g/mol. The highest BCUT2D eigenvalue weighted by Crippen LogP contribution is 2.25. The lowest BCUT2D eigenvalue weighted by molar-refractivity contribution is 0.439. The van der Waals surface area contributed by atoms with Gasteiger partial charge in [-0.15, -0.1) is 10.2 Å². The van der Waals surface area contributed by atoms with Crippen LogP contribution >= 0.6 is 0 Å². The lowest BCUT2D eigenvalue weighted by Gasteiger charge is -2.20. The summed E-state index contributed by atoms with van der Waals surface area (Å²) in [5.74, 6) is 1.43. The highest BCUT2D eigenvalue weighted by molar-refractivity contribution is 5.61. The normalized spacial score (nSPS) is 16.1. The number of fused-ring (bicyclic) bond motifs is 1. The third-order valence-corrected chi connectivity index (χ3v) is 4.79. The average Bonchev–Trinajstić information content (AvgIpc) is 3.01. The van der Waals surface area contributed by atoms with E-state index < -0.39 is 0 Å². The second-order valence-corrected chi connectivity index (χ2v) is 6.37. The summed E-state index contributed by atoms with van der Waals surface area (Å²) >= 11 is 0. The molecule has 0 unspecified atom stereocenters. The number of hydrogen-bond donors (Lipinski definition) is 1. The molecule has 0 bridgehead atoms. The molecule has 0 spiro atoms. The fourth-order valence-corrected chi connectivity index (χ4v) is 3.19. The first-order valence-electron chi connectivity index (χ1n) is 8.23. The van der Waals surface area contributed by atoms with Crippen LogP contribution in [0, 0.1) is 13.8 Å². The Kier molecular flexibility index (Phi) is 3.58. The summed E-state index contributed by atoms with van der Waals surface area (Å²) in [7, 11) is 0. The summed E-state index contributed by atoms with van der Waals surface area (Å²) in [4.78, 5) is 0. The molecule has 23 heavy (non-hydrogen) atoms. The van der Waals surface area contributed by atoms with Crippen molar-refractivity contribution in [1.29, 1.82) is 0 Å². The summed E-state index contributed by atoms with van der Waals surface area (Å²) in [6.45, 7) is 6.34. The van der Waals surface area contributed by atoms with Crippen LogP contribution in [-0.2, 0) is 0 Å². The molecule has 1 aliphatic rings. The molecule has 0 aliphatic carbocycles. The Labute approximate surface area is 135 Å². The summed E-state index contributed by atoms with van der Waals surface area (Å²) in [5, 5.41) is 16.9. The van der Waals surface area contributed by atoms with Crippen molar-refractivity contribution in [3.05, 3.63) is 47.3 Å². The Morgan fingerprint density at radius 1 is 1.00 bits per heavy atom. The molecular weight excluding hydrogens is 286 g/mol. The van der Waals surface area contributed by atoms with E-state index >= 15 is 0 Å². The van der Waals surface area contributed by atoms with Gasteiger partial charge >= 0.3 is 0 Å². The topological polar surface area (TPSA) is 55.1 Å². The Hall–Kier alpha value is -2.27. The van der Waals surface area contributed by atoms with E-state index in [2.05, 4.69) is 47.6 Å². The highest BCUT2D eigenvalue weighted by atomic mass is 15.4. The quantitative estimate of drug-likeness (QED) is 0.791. The van der Waals surface area contributed by atoms with Gasteiger partial charge in [-0.05, 0) is 69.1 Å². The van der Waals surface area contributed by atoms with E-state index in [9.17, 15) is 0 Å². The minimum absolute atomic E-state index is 0.439. The number of aromatic nitrogens is 4. The molecule has 1 saturated heterocycles. The van der Waals surface area contributed by atoms with Crippen LogP contribution in [0.1, 0.15) is 35.7 Å².